The lowest BCUT2D eigenvalue weighted by molar-refractivity contribution is -0.137. The van der Waals surface area contributed by atoms with E-state index in [0.29, 0.717) is 44.1 Å². The number of benzene rings is 1. The third kappa shape index (κ3) is 3.65. The molecule has 0 unspecified atom stereocenters. The van der Waals surface area contributed by atoms with Crippen molar-refractivity contribution < 1.29 is 13.2 Å². The third-order valence-electron chi connectivity index (χ3n) is 4.43. The molecule has 0 N–H and O–H groups in total. The van der Waals surface area contributed by atoms with E-state index in [9.17, 15) is 18.0 Å². The van der Waals surface area contributed by atoms with Gasteiger partial charge < -0.3 is 9.80 Å². The zero-order chi connectivity index (χ0) is 18.9. The average Bonchev–Trinajstić information content (AvgIpc) is 2.63. The molecule has 0 saturated carbocycles. The molecule has 1 aromatic heterocycles. The molecule has 5 nitrogen and oxygen atoms in total. The van der Waals surface area contributed by atoms with Crippen LogP contribution in [0.4, 0.5) is 24.5 Å². The molecule has 140 valence electrons. The van der Waals surface area contributed by atoms with Gasteiger partial charge in [0.15, 0.2) is 0 Å². The van der Waals surface area contributed by atoms with E-state index in [1.807, 2.05) is 9.80 Å². The summed E-state index contributed by atoms with van der Waals surface area (Å²) >= 11 is 6.18. The summed E-state index contributed by atoms with van der Waals surface area (Å²) in [6, 6.07) is 5.30. The first-order valence-electron chi connectivity index (χ1n) is 8.24. The van der Waals surface area contributed by atoms with Gasteiger partial charge in [-0.25, -0.2) is 4.68 Å². The van der Waals surface area contributed by atoms with E-state index in [2.05, 4.69) is 5.10 Å². The fourth-order valence-electron chi connectivity index (χ4n) is 2.99. The number of halogens is 4. The average molecular weight is 387 g/mol. The van der Waals surface area contributed by atoms with Crippen LogP contribution in [0.3, 0.4) is 0 Å². The van der Waals surface area contributed by atoms with Gasteiger partial charge >= 0.3 is 6.18 Å². The van der Waals surface area contributed by atoms with Crippen molar-refractivity contribution in [3.63, 3.8) is 0 Å². The standard InChI is InChI=1S/C17H18ClF3N4O/c1-2-25-16(26)15(18)14(11-22-25)24-8-6-23(7-9-24)13-5-3-4-12(10-13)17(19,20)21/h3-5,10-11H,2,6-9H2,1H3. The van der Waals surface area contributed by atoms with Crippen LogP contribution >= 0.6 is 11.6 Å². The van der Waals surface area contributed by atoms with Crippen molar-refractivity contribution in [2.45, 2.75) is 19.6 Å². The highest BCUT2D eigenvalue weighted by Gasteiger charge is 2.31. The molecule has 0 bridgehead atoms. The molecule has 1 saturated heterocycles. The van der Waals surface area contributed by atoms with E-state index >= 15 is 0 Å². The smallest absolute Gasteiger partial charge is 0.368 e. The molecule has 2 heterocycles. The van der Waals surface area contributed by atoms with Crippen LogP contribution in [0.5, 0.6) is 0 Å². The number of anilines is 2. The highest BCUT2D eigenvalue weighted by molar-refractivity contribution is 6.33. The Hall–Kier alpha value is -2.22. The van der Waals surface area contributed by atoms with Crippen molar-refractivity contribution in [2.75, 3.05) is 36.0 Å². The zero-order valence-electron chi connectivity index (χ0n) is 14.1. The van der Waals surface area contributed by atoms with Crippen LogP contribution in [0.1, 0.15) is 12.5 Å². The van der Waals surface area contributed by atoms with Gasteiger partial charge in [-0.2, -0.15) is 18.3 Å². The number of aromatic nitrogens is 2. The number of rotatable bonds is 3. The summed E-state index contributed by atoms with van der Waals surface area (Å²) in [5.41, 5.74) is 0.0926. The Morgan fingerprint density at radius 1 is 1.15 bits per heavy atom. The van der Waals surface area contributed by atoms with E-state index in [-0.39, 0.29) is 10.6 Å². The van der Waals surface area contributed by atoms with E-state index in [1.165, 1.54) is 10.7 Å². The molecule has 9 heteroatoms. The Morgan fingerprint density at radius 3 is 2.42 bits per heavy atom. The minimum absolute atomic E-state index is 0.120. The topological polar surface area (TPSA) is 41.4 Å². The lowest BCUT2D eigenvalue weighted by Crippen LogP contribution is -2.47. The third-order valence-corrected chi connectivity index (χ3v) is 4.78. The highest BCUT2D eigenvalue weighted by Crippen LogP contribution is 2.32. The maximum atomic E-state index is 12.9. The summed E-state index contributed by atoms with van der Waals surface area (Å²) in [4.78, 5) is 15.9. The Labute approximate surface area is 153 Å². The minimum atomic E-state index is -4.36. The Bertz CT molecular complexity index is 845. The van der Waals surface area contributed by atoms with Gasteiger partial charge in [-0.05, 0) is 25.1 Å². The summed E-state index contributed by atoms with van der Waals surface area (Å²) in [7, 11) is 0. The van der Waals surface area contributed by atoms with Crippen molar-refractivity contribution in [1.29, 1.82) is 0 Å². The van der Waals surface area contributed by atoms with Crippen molar-refractivity contribution in [3.05, 3.63) is 51.4 Å². The van der Waals surface area contributed by atoms with Gasteiger partial charge in [0.2, 0.25) is 0 Å². The minimum Gasteiger partial charge on any atom is -0.368 e. The molecule has 0 aliphatic carbocycles. The first kappa shape index (κ1) is 18.6. The number of nitrogens with zero attached hydrogens (tertiary/aromatic N) is 4. The highest BCUT2D eigenvalue weighted by atomic mass is 35.5. The van der Waals surface area contributed by atoms with Crippen LogP contribution in [0.2, 0.25) is 5.02 Å². The Morgan fingerprint density at radius 2 is 1.81 bits per heavy atom. The van der Waals surface area contributed by atoms with Gasteiger partial charge in [-0.1, -0.05) is 17.7 Å². The van der Waals surface area contributed by atoms with Gasteiger partial charge in [0.1, 0.15) is 5.02 Å². The molecule has 1 fully saturated rings. The maximum absolute atomic E-state index is 12.9. The lowest BCUT2D eigenvalue weighted by Gasteiger charge is -2.37. The summed E-state index contributed by atoms with van der Waals surface area (Å²) in [5, 5.41) is 4.21. The van der Waals surface area contributed by atoms with Gasteiger partial charge in [0, 0.05) is 38.4 Å². The van der Waals surface area contributed by atoms with Crippen LogP contribution < -0.4 is 15.4 Å². The van der Waals surface area contributed by atoms with Gasteiger partial charge in [0.05, 0.1) is 17.4 Å². The largest absolute Gasteiger partial charge is 0.416 e. The zero-order valence-corrected chi connectivity index (χ0v) is 14.9. The molecular formula is C17H18ClF3N4O. The number of aryl methyl sites for hydroxylation is 1. The number of alkyl halides is 3. The molecular weight excluding hydrogens is 369 g/mol. The second kappa shape index (κ2) is 7.19. The van der Waals surface area contributed by atoms with Crippen LogP contribution in [-0.4, -0.2) is 36.0 Å². The molecule has 0 atom stereocenters. The van der Waals surface area contributed by atoms with Crippen LogP contribution in [0.25, 0.3) is 0 Å². The molecule has 1 aromatic carbocycles. The fraction of sp³-hybridized carbons (Fsp3) is 0.412. The second-order valence-electron chi connectivity index (χ2n) is 5.99. The predicted octanol–water partition coefficient (Wildman–Crippen LogP) is 3.26. The number of hydrogen-bond acceptors (Lipinski definition) is 4. The van der Waals surface area contributed by atoms with Gasteiger partial charge in [-0.15, -0.1) is 0 Å². The molecule has 2 aromatic rings. The van der Waals surface area contributed by atoms with Crippen molar-refractivity contribution in [2.24, 2.45) is 0 Å². The van der Waals surface area contributed by atoms with Crippen LogP contribution in [-0.2, 0) is 12.7 Å². The normalized spacial score (nSPS) is 15.4. The lowest BCUT2D eigenvalue weighted by atomic mass is 10.1. The number of piperazine rings is 1. The Kier molecular flexibility index (Phi) is 5.13. The summed E-state index contributed by atoms with van der Waals surface area (Å²) in [6.45, 7) is 4.35. The molecule has 0 amide bonds. The van der Waals surface area contributed by atoms with Crippen molar-refractivity contribution >= 4 is 23.0 Å². The molecule has 1 aliphatic rings. The van der Waals surface area contributed by atoms with Gasteiger partial charge in [0.25, 0.3) is 5.56 Å². The van der Waals surface area contributed by atoms with Crippen LogP contribution in [0.15, 0.2) is 35.3 Å². The van der Waals surface area contributed by atoms with Crippen LogP contribution in [0, 0.1) is 0 Å². The van der Waals surface area contributed by atoms with Gasteiger partial charge in [-0.3, -0.25) is 4.79 Å². The molecule has 3 rings (SSSR count). The SMILES string of the molecule is CCn1ncc(N2CCN(c3cccc(C(F)(F)F)c3)CC2)c(Cl)c1=O. The summed E-state index contributed by atoms with van der Waals surface area (Å²) in [6.07, 6.45) is -2.80. The maximum Gasteiger partial charge on any atom is 0.416 e. The first-order valence-corrected chi connectivity index (χ1v) is 8.62. The summed E-state index contributed by atoms with van der Waals surface area (Å²) < 4.78 is 39.9. The number of hydrogen-bond donors (Lipinski definition) is 0. The molecule has 1 aliphatic heterocycles. The molecule has 0 spiro atoms. The van der Waals surface area contributed by atoms with E-state index in [0.717, 1.165) is 12.1 Å². The van der Waals surface area contributed by atoms with Crippen molar-refractivity contribution in [3.8, 4) is 0 Å². The molecule has 26 heavy (non-hydrogen) atoms. The van der Waals surface area contributed by atoms with E-state index < -0.39 is 11.7 Å². The first-order chi connectivity index (χ1) is 12.3. The van der Waals surface area contributed by atoms with E-state index in [1.54, 1.807) is 19.2 Å². The fourth-order valence-corrected chi connectivity index (χ4v) is 3.25. The second-order valence-corrected chi connectivity index (χ2v) is 6.36. The molecule has 0 radical (unpaired) electrons. The quantitative estimate of drug-likeness (QED) is 0.812. The monoisotopic (exact) mass is 386 g/mol. The van der Waals surface area contributed by atoms with E-state index in [4.69, 9.17) is 11.6 Å². The summed E-state index contributed by atoms with van der Waals surface area (Å²) in [5.74, 6) is 0. The Balaban J connectivity index is 1.74. The predicted molar refractivity (Wildman–Crippen MR) is 95.1 cm³/mol. The van der Waals surface area contributed by atoms with Crippen molar-refractivity contribution in [1.82, 2.24) is 9.78 Å².